The quantitative estimate of drug-likeness (QED) is 0.688. The Labute approximate surface area is 93.8 Å². The number of rotatable bonds is 1. The summed E-state index contributed by atoms with van der Waals surface area (Å²) in [7, 11) is 0. The third-order valence-electron chi connectivity index (χ3n) is 6.60. The highest BCUT2D eigenvalue weighted by atomic mass is 16.1. The fraction of sp³-hybridized carbons (Fsp3) is 0.533. The first-order chi connectivity index (χ1) is 7.88. The predicted molar refractivity (Wildman–Crippen MR) is 57.6 cm³/mol. The zero-order valence-corrected chi connectivity index (χ0v) is 8.84. The van der Waals surface area contributed by atoms with Crippen molar-refractivity contribution < 1.29 is 4.79 Å². The smallest absolute Gasteiger partial charge is 0.140 e. The average Bonchev–Trinajstić information content (AvgIpc) is 3.11. The Morgan fingerprint density at radius 3 is 2.06 bits per heavy atom. The van der Waals surface area contributed by atoms with Gasteiger partial charge in [-0.05, 0) is 35.2 Å². The van der Waals surface area contributed by atoms with Gasteiger partial charge in [0.05, 0.1) is 0 Å². The molecular weight excluding hydrogens is 196 g/mol. The highest BCUT2D eigenvalue weighted by Crippen LogP contribution is 2.98. The first kappa shape index (κ1) is 7.26. The van der Waals surface area contributed by atoms with Gasteiger partial charge in [-0.25, -0.2) is 0 Å². The summed E-state index contributed by atoms with van der Waals surface area (Å²) in [6, 6.07) is 11.0. The molecule has 6 aliphatic carbocycles. The van der Waals surface area contributed by atoms with Gasteiger partial charge in [0.25, 0.3) is 0 Å². The maximum atomic E-state index is 12.0. The molecule has 0 N–H and O–H groups in total. The normalized spacial score (nSPS) is 65.2. The second-order valence-electron chi connectivity index (χ2n) is 6.49. The second kappa shape index (κ2) is 1.70. The van der Waals surface area contributed by atoms with Gasteiger partial charge >= 0.3 is 0 Å². The van der Waals surface area contributed by atoms with E-state index in [-0.39, 0.29) is 0 Å². The van der Waals surface area contributed by atoms with Crippen LogP contribution in [0.1, 0.15) is 5.56 Å². The number of hydrogen-bond donors (Lipinski definition) is 0. The van der Waals surface area contributed by atoms with Crippen LogP contribution in [0.25, 0.3) is 0 Å². The van der Waals surface area contributed by atoms with Gasteiger partial charge in [0.15, 0.2) is 0 Å². The zero-order valence-electron chi connectivity index (χ0n) is 8.84. The van der Waals surface area contributed by atoms with Crippen LogP contribution in [-0.2, 0) is 10.2 Å². The molecule has 6 atom stereocenters. The van der Waals surface area contributed by atoms with Crippen molar-refractivity contribution in [2.45, 2.75) is 5.41 Å². The molecule has 7 rings (SSSR count). The van der Waals surface area contributed by atoms with Crippen molar-refractivity contribution in [1.29, 1.82) is 0 Å². The van der Waals surface area contributed by atoms with Crippen LogP contribution in [0, 0.1) is 41.4 Å². The number of benzene rings is 1. The molecule has 1 nitrogen and oxygen atoms in total. The molecular formula is C15H12O. The molecule has 6 aliphatic rings. The van der Waals surface area contributed by atoms with Crippen molar-refractivity contribution in [3.63, 3.8) is 0 Å². The fourth-order valence-corrected chi connectivity index (χ4v) is 6.61. The van der Waals surface area contributed by atoms with Gasteiger partial charge in [0.2, 0.25) is 0 Å². The molecule has 78 valence electrons. The third-order valence-corrected chi connectivity index (χ3v) is 6.60. The van der Waals surface area contributed by atoms with Gasteiger partial charge in [0.1, 0.15) is 5.78 Å². The van der Waals surface area contributed by atoms with Gasteiger partial charge in [-0.3, -0.25) is 4.79 Å². The minimum absolute atomic E-state index is 0.500. The number of hydrogen-bond acceptors (Lipinski definition) is 1. The van der Waals surface area contributed by atoms with E-state index in [4.69, 9.17) is 0 Å². The van der Waals surface area contributed by atoms with Crippen LogP contribution in [0.4, 0.5) is 0 Å². The van der Waals surface area contributed by atoms with Crippen molar-refractivity contribution in [2.75, 3.05) is 0 Å². The number of carbonyl (C=O) groups is 1. The van der Waals surface area contributed by atoms with Crippen LogP contribution < -0.4 is 0 Å². The Kier molecular flexibility index (Phi) is 0.770. The van der Waals surface area contributed by atoms with E-state index in [1.54, 1.807) is 5.56 Å². The summed E-state index contributed by atoms with van der Waals surface area (Å²) in [6.45, 7) is 0. The average molecular weight is 208 g/mol. The zero-order chi connectivity index (χ0) is 10.2. The summed E-state index contributed by atoms with van der Waals surface area (Å²) < 4.78 is 0. The Bertz CT molecular complexity index is 534. The molecule has 0 aromatic heterocycles. The Morgan fingerprint density at radius 2 is 1.50 bits per heavy atom. The monoisotopic (exact) mass is 208 g/mol. The minimum atomic E-state index is 0.500. The molecule has 0 heterocycles. The van der Waals surface area contributed by atoms with Crippen molar-refractivity contribution >= 4 is 5.78 Å². The summed E-state index contributed by atoms with van der Waals surface area (Å²) in [6.07, 6.45) is 0. The molecule has 0 saturated heterocycles. The van der Waals surface area contributed by atoms with Crippen molar-refractivity contribution in [1.82, 2.24) is 0 Å². The standard InChI is InChI=1S/C15H12O/c16-14-9-7-8-10(14)13-12(9)15(13,11(7)8)6-4-2-1-3-5-6/h1-5,7-13H. The van der Waals surface area contributed by atoms with Gasteiger partial charge in [-0.2, -0.15) is 0 Å². The lowest BCUT2D eigenvalue weighted by Gasteiger charge is -2.14. The largest absolute Gasteiger partial charge is 0.299 e. The summed E-state index contributed by atoms with van der Waals surface area (Å²) in [5.41, 5.74) is 2.06. The molecule has 0 amide bonds. The van der Waals surface area contributed by atoms with Crippen LogP contribution in [-0.4, -0.2) is 5.78 Å². The van der Waals surface area contributed by atoms with Gasteiger partial charge in [0, 0.05) is 17.3 Å². The summed E-state index contributed by atoms with van der Waals surface area (Å²) >= 11 is 0. The Balaban J connectivity index is 1.64. The molecule has 6 fully saturated rings. The highest BCUT2D eigenvalue weighted by Gasteiger charge is 3.00. The molecule has 1 heteroatoms. The van der Waals surface area contributed by atoms with Crippen LogP contribution in [0.5, 0.6) is 0 Å². The molecule has 0 aliphatic heterocycles. The number of ketones is 1. The van der Waals surface area contributed by atoms with Gasteiger partial charge in [-0.1, -0.05) is 30.3 Å². The van der Waals surface area contributed by atoms with Gasteiger partial charge in [-0.15, -0.1) is 0 Å². The second-order valence-corrected chi connectivity index (χ2v) is 6.49. The number of carbonyl (C=O) groups excluding carboxylic acids is 1. The van der Waals surface area contributed by atoms with E-state index in [0.29, 0.717) is 23.0 Å². The summed E-state index contributed by atoms with van der Waals surface area (Å²) in [5.74, 6) is 5.78. The lowest BCUT2D eigenvalue weighted by Crippen LogP contribution is -2.16. The first-order valence-electron chi connectivity index (χ1n) is 6.47. The summed E-state index contributed by atoms with van der Waals surface area (Å²) in [5, 5.41) is 0. The molecule has 0 radical (unpaired) electrons. The Hall–Kier alpha value is -1.11. The van der Waals surface area contributed by atoms with Crippen molar-refractivity contribution in [2.24, 2.45) is 41.4 Å². The molecule has 1 aromatic rings. The van der Waals surface area contributed by atoms with E-state index < -0.39 is 0 Å². The minimum Gasteiger partial charge on any atom is -0.299 e. The van der Waals surface area contributed by atoms with E-state index in [1.165, 1.54) is 0 Å². The van der Waals surface area contributed by atoms with Crippen molar-refractivity contribution in [3.8, 4) is 0 Å². The molecule has 6 saturated carbocycles. The topological polar surface area (TPSA) is 17.1 Å². The van der Waals surface area contributed by atoms with Crippen molar-refractivity contribution in [3.05, 3.63) is 35.9 Å². The lowest BCUT2D eigenvalue weighted by atomic mass is 9.89. The van der Waals surface area contributed by atoms with E-state index in [9.17, 15) is 4.79 Å². The van der Waals surface area contributed by atoms with Crippen LogP contribution in [0.3, 0.4) is 0 Å². The van der Waals surface area contributed by atoms with E-state index in [2.05, 4.69) is 30.3 Å². The first-order valence-corrected chi connectivity index (χ1v) is 6.47. The highest BCUT2D eigenvalue weighted by molar-refractivity contribution is 5.97. The predicted octanol–water partition coefficient (Wildman–Crippen LogP) is 1.87. The molecule has 0 spiro atoms. The SMILES string of the molecule is O=C1C2C3C4C1C1C2C1(c1ccccc1)C34. The number of Topliss-reactive ketones (excluding diaryl/α,β-unsaturated/α-hetero) is 1. The fourth-order valence-electron chi connectivity index (χ4n) is 6.61. The van der Waals surface area contributed by atoms with Crippen LogP contribution in [0.15, 0.2) is 30.3 Å². The van der Waals surface area contributed by atoms with Crippen LogP contribution in [0.2, 0.25) is 0 Å². The molecule has 1 aromatic carbocycles. The van der Waals surface area contributed by atoms with Gasteiger partial charge < -0.3 is 0 Å². The van der Waals surface area contributed by atoms with E-state index in [0.717, 1.165) is 29.6 Å². The van der Waals surface area contributed by atoms with E-state index in [1.807, 2.05) is 0 Å². The maximum absolute atomic E-state index is 12.0. The lowest BCUT2D eigenvalue weighted by molar-refractivity contribution is -0.123. The molecule has 16 heavy (non-hydrogen) atoms. The molecule has 6 unspecified atom stereocenters. The van der Waals surface area contributed by atoms with Crippen LogP contribution >= 0.6 is 0 Å². The third kappa shape index (κ3) is 0.407. The summed E-state index contributed by atoms with van der Waals surface area (Å²) in [4.78, 5) is 12.0. The molecule has 2 bridgehead atoms. The van der Waals surface area contributed by atoms with E-state index >= 15 is 0 Å². The maximum Gasteiger partial charge on any atom is 0.140 e. The Morgan fingerprint density at radius 1 is 0.875 bits per heavy atom.